The van der Waals surface area contributed by atoms with Crippen LogP contribution in [0.2, 0.25) is 0 Å². The van der Waals surface area contributed by atoms with E-state index in [1.165, 1.54) is 6.20 Å². The van der Waals surface area contributed by atoms with E-state index < -0.39 is 0 Å². The summed E-state index contributed by atoms with van der Waals surface area (Å²) in [4.78, 5) is 12.1. The Bertz CT molecular complexity index is 288. The fourth-order valence-electron chi connectivity index (χ4n) is 1.05. The molecule has 1 heterocycles. The van der Waals surface area contributed by atoms with Gasteiger partial charge >= 0.3 is 0 Å². The molecule has 7 heteroatoms. The van der Waals surface area contributed by atoms with Crippen LogP contribution in [0.25, 0.3) is 0 Å². The summed E-state index contributed by atoms with van der Waals surface area (Å²) >= 11 is 4.41. The van der Waals surface area contributed by atoms with Gasteiger partial charge in [0.2, 0.25) is 0 Å². The predicted octanol–water partition coefficient (Wildman–Crippen LogP) is 1.07. The van der Waals surface area contributed by atoms with Gasteiger partial charge in [0.15, 0.2) is 0 Å². The first-order valence-electron chi connectivity index (χ1n) is 4.41. The molecule has 15 heavy (non-hydrogen) atoms. The van der Waals surface area contributed by atoms with Crippen LogP contribution in [-0.4, -0.2) is 40.6 Å². The smallest absolute Gasteiger partial charge is 0.264 e. The number of nitrogens with one attached hydrogen (secondary N) is 1. The molecule has 0 saturated carbocycles. The van der Waals surface area contributed by atoms with Gasteiger partial charge in [-0.2, -0.15) is 0 Å². The maximum absolute atomic E-state index is 11.6. The van der Waals surface area contributed by atoms with Crippen molar-refractivity contribution in [1.82, 2.24) is 14.9 Å². The first kappa shape index (κ1) is 12.5. The SMILES string of the molecule is COCC(CCBr)NC(=O)c1cnns1. The third kappa shape index (κ3) is 4.23. The first-order chi connectivity index (χ1) is 7.27. The van der Waals surface area contributed by atoms with Gasteiger partial charge in [-0.25, -0.2) is 0 Å². The van der Waals surface area contributed by atoms with Gasteiger partial charge in [-0.15, -0.1) is 5.10 Å². The molecule has 0 aliphatic rings. The Morgan fingerprint density at radius 1 is 1.80 bits per heavy atom. The average molecular weight is 294 g/mol. The topological polar surface area (TPSA) is 64.1 Å². The van der Waals surface area contributed by atoms with Crippen LogP contribution in [0.15, 0.2) is 6.20 Å². The second-order valence-corrected chi connectivity index (χ2v) is 4.46. The lowest BCUT2D eigenvalue weighted by molar-refractivity contribution is 0.0899. The molecule has 1 atom stereocenters. The Labute approximate surface area is 101 Å². The zero-order valence-electron chi connectivity index (χ0n) is 8.27. The zero-order valence-corrected chi connectivity index (χ0v) is 10.7. The standard InChI is InChI=1S/C8H12BrN3O2S/c1-14-5-6(2-3-9)11-8(13)7-4-10-12-15-7/h4,6H,2-3,5H2,1H3,(H,11,13). The van der Waals surface area contributed by atoms with Crippen LogP contribution >= 0.6 is 27.5 Å². The van der Waals surface area contributed by atoms with Crippen molar-refractivity contribution in [2.45, 2.75) is 12.5 Å². The average Bonchev–Trinajstić information content (AvgIpc) is 2.71. The van der Waals surface area contributed by atoms with Gasteiger partial charge in [0, 0.05) is 12.4 Å². The molecule has 0 aromatic carbocycles. The van der Waals surface area contributed by atoms with E-state index in [9.17, 15) is 4.79 Å². The number of carbonyl (C=O) groups excluding carboxylic acids is 1. The molecule has 1 N–H and O–H groups in total. The highest BCUT2D eigenvalue weighted by atomic mass is 79.9. The molecule has 0 fully saturated rings. The Hall–Kier alpha value is -0.530. The zero-order chi connectivity index (χ0) is 11.1. The molecule has 0 bridgehead atoms. The third-order valence-electron chi connectivity index (χ3n) is 1.75. The molecular weight excluding hydrogens is 282 g/mol. The number of halogens is 1. The molecule has 1 unspecified atom stereocenters. The normalized spacial score (nSPS) is 12.4. The van der Waals surface area contributed by atoms with Crippen molar-refractivity contribution >= 4 is 33.4 Å². The lowest BCUT2D eigenvalue weighted by atomic mass is 10.2. The summed E-state index contributed by atoms with van der Waals surface area (Å²) in [7, 11) is 1.61. The molecule has 0 aliphatic carbocycles. The lowest BCUT2D eigenvalue weighted by Crippen LogP contribution is -2.38. The van der Waals surface area contributed by atoms with E-state index in [1.807, 2.05) is 0 Å². The van der Waals surface area contributed by atoms with E-state index in [2.05, 4.69) is 30.8 Å². The molecular formula is C8H12BrN3O2S. The monoisotopic (exact) mass is 293 g/mol. The second kappa shape index (κ2) is 6.86. The van der Waals surface area contributed by atoms with Crippen molar-refractivity contribution in [1.29, 1.82) is 0 Å². The number of alkyl halides is 1. The fourth-order valence-corrected chi connectivity index (χ4v) is 2.02. The first-order valence-corrected chi connectivity index (χ1v) is 6.30. The van der Waals surface area contributed by atoms with E-state index in [4.69, 9.17) is 4.74 Å². The van der Waals surface area contributed by atoms with Crippen molar-refractivity contribution in [2.24, 2.45) is 0 Å². The highest BCUT2D eigenvalue weighted by molar-refractivity contribution is 9.09. The van der Waals surface area contributed by atoms with Crippen LogP contribution in [0, 0.1) is 0 Å². The Morgan fingerprint density at radius 3 is 3.13 bits per heavy atom. The number of hydrogen-bond acceptors (Lipinski definition) is 5. The molecule has 0 radical (unpaired) electrons. The molecule has 84 valence electrons. The Kier molecular flexibility index (Phi) is 5.74. The van der Waals surface area contributed by atoms with Crippen LogP contribution in [0.3, 0.4) is 0 Å². The van der Waals surface area contributed by atoms with E-state index in [1.54, 1.807) is 7.11 Å². The minimum absolute atomic E-state index is 0.0176. The van der Waals surface area contributed by atoms with Gasteiger partial charge in [0.05, 0.1) is 18.8 Å². The number of ether oxygens (including phenoxy) is 1. The van der Waals surface area contributed by atoms with E-state index in [0.29, 0.717) is 11.5 Å². The van der Waals surface area contributed by atoms with E-state index in [-0.39, 0.29) is 11.9 Å². The maximum atomic E-state index is 11.6. The van der Waals surface area contributed by atoms with Crippen molar-refractivity contribution in [3.8, 4) is 0 Å². The van der Waals surface area contributed by atoms with Crippen molar-refractivity contribution < 1.29 is 9.53 Å². The highest BCUT2D eigenvalue weighted by Gasteiger charge is 2.14. The van der Waals surface area contributed by atoms with Gasteiger partial charge in [-0.1, -0.05) is 20.4 Å². The summed E-state index contributed by atoms with van der Waals surface area (Å²) in [5.74, 6) is -0.145. The van der Waals surface area contributed by atoms with Crippen LogP contribution in [-0.2, 0) is 4.74 Å². The Morgan fingerprint density at radius 2 is 2.60 bits per heavy atom. The number of hydrogen-bond donors (Lipinski definition) is 1. The molecule has 0 saturated heterocycles. The van der Waals surface area contributed by atoms with Crippen molar-refractivity contribution in [2.75, 3.05) is 19.0 Å². The summed E-state index contributed by atoms with van der Waals surface area (Å²) < 4.78 is 8.64. The highest BCUT2D eigenvalue weighted by Crippen LogP contribution is 2.04. The summed E-state index contributed by atoms with van der Waals surface area (Å²) in [5.41, 5.74) is 0. The fraction of sp³-hybridized carbons (Fsp3) is 0.625. The van der Waals surface area contributed by atoms with Crippen LogP contribution in [0.4, 0.5) is 0 Å². The minimum atomic E-state index is -0.145. The largest absolute Gasteiger partial charge is 0.383 e. The van der Waals surface area contributed by atoms with E-state index >= 15 is 0 Å². The van der Waals surface area contributed by atoms with Crippen LogP contribution in [0.5, 0.6) is 0 Å². The summed E-state index contributed by atoms with van der Waals surface area (Å²) in [6.45, 7) is 0.504. The van der Waals surface area contributed by atoms with Gasteiger partial charge in [-0.3, -0.25) is 4.79 Å². The third-order valence-corrected chi connectivity index (χ3v) is 2.87. The Balaban J connectivity index is 2.47. The van der Waals surface area contributed by atoms with Crippen molar-refractivity contribution in [3.63, 3.8) is 0 Å². The number of rotatable bonds is 6. The number of amides is 1. The molecule has 0 aliphatic heterocycles. The second-order valence-electron chi connectivity index (χ2n) is 2.89. The summed E-state index contributed by atoms with van der Waals surface area (Å²) in [6.07, 6.45) is 2.28. The molecule has 1 aromatic heterocycles. The number of methoxy groups -OCH3 is 1. The van der Waals surface area contributed by atoms with Crippen LogP contribution < -0.4 is 5.32 Å². The molecule has 1 rings (SSSR count). The van der Waals surface area contributed by atoms with Crippen LogP contribution in [0.1, 0.15) is 16.1 Å². The molecule has 1 aromatic rings. The summed E-state index contributed by atoms with van der Waals surface area (Å²) in [5, 5.41) is 7.29. The number of nitrogens with zero attached hydrogens (tertiary/aromatic N) is 2. The van der Waals surface area contributed by atoms with E-state index in [0.717, 1.165) is 23.3 Å². The van der Waals surface area contributed by atoms with Gasteiger partial charge in [-0.05, 0) is 18.0 Å². The van der Waals surface area contributed by atoms with Gasteiger partial charge in [0.1, 0.15) is 4.88 Å². The number of carbonyl (C=O) groups is 1. The summed E-state index contributed by atoms with van der Waals surface area (Å²) in [6, 6.07) is 0.0176. The quantitative estimate of drug-likeness (QED) is 0.797. The molecule has 5 nitrogen and oxygen atoms in total. The predicted molar refractivity (Wildman–Crippen MR) is 61.5 cm³/mol. The number of aromatic nitrogens is 2. The lowest BCUT2D eigenvalue weighted by Gasteiger charge is -2.15. The molecule has 0 spiro atoms. The molecule has 1 amide bonds. The van der Waals surface area contributed by atoms with Gasteiger partial charge in [0.25, 0.3) is 5.91 Å². The van der Waals surface area contributed by atoms with Crippen molar-refractivity contribution in [3.05, 3.63) is 11.1 Å². The minimum Gasteiger partial charge on any atom is -0.383 e. The maximum Gasteiger partial charge on any atom is 0.264 e. The van der Waals surface area contributed by atoms with Gasteiger partial charge < -0.3 is 10.1 Å².